The summed E-state index contributed by atoms with van der Waals surface area (Å²) in [5.41, 5.74) is 3.60. The molecule has 4 aliphatic heterocycles. The van der Waals surface area contributed by atoms with Crippen LogP contribution in [0.1, 0.15) is 96.7 Å². The number of methoxy groups -OCH3 is 3. The molecule has 0 aromatic heterocycles. The summed E-state index contributed by atoms with van der Waals surface area (Å²) in [4.78, 5) is 82.8. The van der Waals surface area contributed by atoms with Crippen molar-refractivity contribution in [3.05, 3.63) is 166 Å². The van der Waals surface area contributed by atoms with Crippen molar-refractivity contribution >= 4 is 35.5 Å². The van der Waals surface area contributed by atoms with Gasteiger partial charge in [-0.2, -0.15) is 0 Å². The fourth-order valence-corrected chi connectivity index (χ4v) is 12.1. The van der Waals surface area contributed by atoms with Gasteiger partial charge in [0.1, 0.15) is 36.0 Å². The van der Waals surface area contributed by atoms with Crippen LogP contribution in [0.3, 0.4) is 0 Å². The van der Waals surface area contributed by atoms with Gasteiger partial charge in [-0.3, -0.25) is 19.3 Å². The number of hydrogen-bond donors (Lipinski definition) is 2. The van der Waals surface area contributed by atoms with Crippen molar-refractivity contribution < 1.29 is 52.8 Å². The van der Waals surface area contributed by atoms with Crippen LogP contribution in [0.5, 0.6) is 17.2 Å². The van der Waals surface area contributed by atoms with Crippen LogP contribution in [0, 0.1) is 23.7 Å². The molecule has 4 amide bonds. The summed E-state index contributed by atoms with van der Waals surface area (Å²) in [5.74, 6) is 3.45. The zero-order chi connectivity index (χ0) is 53.3. The van der Waals surface area contributed by atoms with Crippen LogP contribution in [0.2, 0.25) is 0 Å². The topological polar surface area (TPSA) is 173 Å². The summed E-state index contributed by atoms with van der Waals surface area (Å²) < 4.78 is 29.1. The summed E-state index contributed by atoms with van der Waals surface area (Å²) in [7, 11) is 4.34. The van der Waals surface area contributed by atoms with E-state index < -0.39 is 77.3 Å². The van der Waals surface area contributed by atoms with Crippen LogP contribution in [-0.4, -0.2) is 97.9 Å². The first kappa shape index (κ1) is 51.6. The number of benzene rings is 5. The second-order valence-electron chi connectivity index (χ2n) is 20.2. The Morgan fingerprint density at radius 2 is 1.50 bits per heavy atom. The van der Waals surface area contributed by atoms with Gasteiger partial charge in [-0.15, -0.1) is 0 Å². The number of aliphatic hydroxyl groups excluding tert-OH is 1. The zero-order valence-corrected chi connectivity index (χ0v) is 43.3. The summed E-state index contributed by atoms with van der Waals surface area (Å²) in [6.45, 7) is 3.62. The van der Waals surface area contributed by atoms with Crippen molar-refractivity contribution in [1.82, 2.24) is 15.1 Å². The van der Waals surface area contributed by atoms with E-state index >= 15 is 19.2 Å². The van der Waals surface area contributed by atoms with E-state index in [0.29, 0.717) is 45.9 Å². The number of amides is 4. The van der Waals surface area contributed by atoms with E-state index in [0.717, 1.165) is 52.8 Å². The van der Waals surface area contributed by atoms with Gasteiger partial charge >= 0.3 is 18.0 Å². The number of hydrogen-bond acceptors (Lipinski definition) is 12. The lowest BCUT2D eigenvalue weighted by molar-refractivity contribution is -0.179. The quantitative estimate of drug-likeness (QED) is 0.0910. The van der Waals surface area contributed by atoms with E-state index in [1.54, 1.807) is 75.4 Å². The minimum Gasteiger partial charge on any atom is -0.493 e. The highest BCUT2D eigenvalue weighted by molar-refractivity contribution is 6.25. The first-order valence-corrected chi connectivity index (χ1v) is 26.0. The average Bonchev–Trinajstić information content (AvgIpc) is 4.08. The number of cyclic esters (lactones) is 1. The minimum atomic E-state index is -2.09. The van der Waals surface area contributed by atoms with Gasteiger partial charge in [-0.05, 0) is 119 Å². The van der Waals surface area contributed by atoms with E-state index in [1.807, 2.05) is 77.7 Å². The van der Waals surface area contributed by atoms with Gasteiger partial charge in [0.15, 0.2) is 11.5 Å². The van der Waals surface area contributed by atoms with Crippen molar-refractivity contribution in [1.29, 1.82) is 0 Å². The maximum absolute atomic E-state index is 17.0. The molecule has 392 valence electrons. The van der Waals surface area contributed by atoms with E-state index in [-0.39, 0.29) is 32.0 Å². The first-order valence-electron chi connectivity index (χ1n) is 26.0. The number of morpholine rings is 1. The number of carbonyl (C=O) groups is 5. The highest BCUT2D eigenvalue weighted by atomic mass is 16.6. The van der Waals surface area contributed by atoms with Crippen LogP contribution in [0.25, 0.3) is 0 Å². The number of esters is 2. The number of allylic oxidation sites excluding steroid dienone is 2. The third-order valence-electron chi connectivity index (χ3n) is 15.6. The normalized spacial score (nSPS) is 23.0. The molecule has 15 heteroatoms. The predicted octanol–water partition coefficient (Wildman–Crippen LogP) is 8.08. The summed E-state index contributed by atoms with van der Waals surface area (Å²) in [6.07, 6.45) is 5.43. The summed E-state index contributed by atoms with van der Waals surface area (Å²) in [6, 6.07) is 29.5. The fraction of sp³-hybridized carbons (Fsp3) is 0.361. The lowest BCUT2D eigenvalue weighted by Crippen LogP contribution is -2.58. The summed E-state index contributed by atoms with van der Waals surface area (Å²) in [5, 5.41) is 12.5. The number of imide groups is 1. The molecule has 0 bridgehead atoms. The van der Waals surface area contributed by atoms with E-state index in [9.17, 15) is 9.90 Å². The predicted molar refractivity (Wildman–Crippen MR) is 282 cm³/mol. The molecule has 5 aromatic rings. The number of carbonyl (C=O) groups excluding carboxylic acids is 5. The van der Waals surface area contributed by atoms with Crippen LogP contribution in [0.4, 0.5) is 10.5 Å². The van der Waals surface area contributed by atoms with E-state index in [1.165, 1.54) is 7.11 Å². The molecule has 15 nitrogen and oxygen atoms in total. The number of aliphatic hydroxyl groups is 1. The Balaban J connectivity index is 1.27. The van der Waals surface area contributed by atoms with Gasteiger partial charge in [0.2, 0.25) is 11.8 Å². The van der Waals surface area contributed by atoms with Gasteiger partial charge in [-0.1, -0.05) is 105 Å². The highest BCUT2D eigenvalue weighted by Crippen LogP contribution is 2.66. The molecule has 1 spiro atoms. The fourth-order valence-electron chi connectivity index (χ4n) is 12.1. The molecular weight excluding hydrogens is 965 g/mol. The largest absolute Gasteiger partial charge is 0.493 e. The van der Waals surface area contributed by atoms with Crippen molar-refractivity contribution in [2.24, 2.45) is 11.8 Å². The third kappa shape index (κ3) is 9.13. The van der Waals surface area contributed by atoms with Gasteiger partial charge in [0.05, 0.1) is 51.6 Å². The average molecular weight is 1030 g/mol. The molecule has 2 saturated heterocycles. The smallest absolute Gasteiger partial charge is 0.329 e. The lowest BCUT2D eigenvalue weighted by atomic mass is 9.64. The van der Waals surface area contributed by atoms with Crippen molar-refractivity contribution in [3.63, 3.8) is 0 Å². The monoisotopic (exact) mass is 1030 g/mol. The Morgan fingerprint density at radius 3 is 2.14 bits per heavy atom. The highest BCUT2D eigenvalue weighted by Gasteiger charge is 2.76. The van der Waals surface area contributed by atoms with Gasteiger partial charge in [0, 0.05) is 18.7 Å². The molecule has 76 heavy (non-hydrogen) atoms. The molecule has 5 aliphatic rings. The van der Waals surface area contributed by atoms with Crippen molar-refractivity contribution in [2.75, 3.05) is 46.0 Å². The SMILES string of the molecule is COC(=O)[C@@H](NC(=O)N1C(=O)[C@@]2(c3cc(C#CC4=CCCCC4)ccc31)[C@H](c1ccc(OCCO)cc1)N1[C@H](c3ccccc3)[C@H](c3ccccc3)OC(=O)[C@H]1[C@@H]2C(=O)N1CCc2cc(OC)c(OC)cc2C1)C(C)C. The number of nitrogens with zero attached hydrogens (tertiary/aromatic N) is 3. The van der Waals surface area contributed by atoms with Crippen LogP contribution in [0.15, 0.2) is 127 Å². The van der Waals surface area contributed by atoms with Crippen molar-refractivity contribution in [3.8, 4) is 29.1 Å². The number of ether oxygens (including phenoxy) is 5. The molecule has 5 aromatic carbocycles. The standard InChI is InChI=1S/C61H62N4O11/c1-37(2)51(57(68)74-5)62-60(71)64-47-28-23-39(22-21-38-15-9-6-10-16-38)33-46(47)61(59(64)70)50(56(67)63-30-29-43-34-48(72-3)49(73-4)35-44(43)36-63)53-58(69)76-54(41-19-13-8-14-20-41)52(40-17-11-7-12-18-40)65(53)55(61)42-24-26-45(27-25-42)75-32-31-66/h7-8,11-15,17-20,23-28,33-35,37,50-55,66H,6,9-10,16,29-32,36H2,1-5H3,(H,62,71)/t50-,51+,52-,53-,54+,55+,61-/m1/s1. The van der Waals surface area contributed by atoms with Crippen LogP contribution >= 0.6 is 0 Å². The first-order chi connectivity index (χ1) is 36.9. The molecular formula is C61H62N4O11. The van der Waals surface area contributed by atoms with Crippen LogP contribution < -0.4 is 24.4 Å². The number of fused-ring (bicyclic) bond motifs is 4. The molecule has 0 radical (unpaired) electrons. The Labute approximate surface area is 442 Å². The molecule has 2 fully saturated rings. The molecule has 10 rings (SSSR count). The minimum absolute atomic E-state index is 0.0232. The second-order valence-corrected chi connectivity index (χ2v) is 20.2. The van der Waals surface area contributed by atoms with Gasteiger partial charge < -0.3 is 39.0 Å². The van der Waals surface area contributed by atoms with Gasteiger partial charge in [-0.25, -0.2) is 14.5 Å². The Bertz CT molecular complexity index is 3130. The molecule has 1 aliphatic carbocycles. The number of rotatable bonds is 12. The van der Waals surface area contributed by atoms with Crippen LogP contribution in [-0.2, 0) is 47.0 Å². The number of nitrogens with one attached hydrogen (secondary N) is 1. The van der Waals surface area contributed by atoms with Gasteiger partial charge in [0.25, 0.3) is 0 Å². The molecule has 2 N–H and O–H groups in total. The molecule has 7 atom stereocenters. The Hall–Kier alpha value is -7.93. The number of urea groups is 1. The lowest BCUT2D eigenvalue weighted by Gasteiger charge is -2.46. The molecule has 4 heterocycles. The molecule has 0 saturated carbocycles. The Kier molecular flexibility index (Phi) is 14.7. The Morgan fingerprint density at radius 1 is 0.803 bits per heavy atom. The maximum Gasteiger partial charge on any atom is 0.329 e. The zero-order valence-electron chi connectivity index (χ0n) is 43.3. The van der Waals surface area contributed by atoms with Crippen molar-refractivity contribution in [2.45, 2.75) is 88.2 Å². The number of anilines is 1. The molecule has 0 unspecified atom stereocenters. The second kappa shape index (κ2) is 21.7. The third-order valence-corrected chi connectivity index (χ3v) is 15.6. The van der Waals surface area contributed by atoms with E-state index in [2.05, 4.69) is 23.2 Å². The summed E-state index contributed by atoms with van der Waals surface area (Å²) >= 11 is 0. The van der Waals surface area contributed by atoms with E-state index in [4.69, 9.17) is 23.7 Å². The maximum atomic E-state index is 17.0.